The van der Waals surface area contributed by atoms with Crippen LogP contribution in [0, 0.1) is 0 Å². The largest absolute Gasteiger partial charge is 0.507 e. The van der Waals surface area contributed by atoms with Gasteiger partial charge < -0.3 is 10.2 Å². The lowest BCUT2D eigenvalue weighted by Gasteiger charge is -2.16. The van der Waals surface area contributed by atoms with Gasteiger partial charge in [0.25, 0.3) is 0 Å². The van der Waals surface area contributed by atoms with Gasteiger partial charge in [0.05, 0.1) is 0 Å². The number of benzene rings is 5. The smallest absolute Gasteiger partial charge is 0.124 e. The molecule has 5 aromatic carbocycles. The van der Waals surface area contributed by atoms with Crippen LogP contribution < -0.4 is 0 Å². The van der Waals surface area contributed by atoms with Gasteiger partial charge in [0, 0.05) is 11.1 Å². The molecule has 0 unspecified atom stereocenters. The molecule has 0 aliphatic rings. The van der Waals surface area contributed by atoms with Crippen molar-refractivity contribution in [3.05, 3.63) is 108 Å². The third kappa shape index (κ3) is 4.61. The molecule has 2 N–H and O–H groups in total. The van der Waals surface area contributed by atoms with Crippen LogP contribution in [0.5, 0.6) is 11.5 Å². The Balaban J connectivity index is 1.42. The fourth-order valence-electron chi connectivity index (χ4n) is 5.13. The van der Waals surface area contributed by atoms with Crippen LogP contribution in [0.3, 0.4) is 0 Å². The zero-order valence-electron chi connectivity index (χ0n) is 20.5. The monoisotopic (exact) mass is 460 g/mol. The maximum Gasteiger partial charge on any atom is 0.124 e. The molecule has 0 aliphatic heterocycles. The van der Waals surface area contributed by atoms with Crippen molar-refractivity contribution in [3.63, 3.8) is 0 Å². The fraction of sp³-hybridized carbons (Fsp3) is 0.212. The average molecular weight is 461 g/mol. The molecule has 0 bridgehead atoms. The molecule has 5 rings (SSSR count). The van der Waals surface area contributed by atoms with Crippen molar-refractivity contribution in [1.82, 2.24) is 0 Å². The summed E-state index contributed by atoms with van der Waals surface area (Å²) in [5, 5.41) is 25.8. The van der Waals surface area contributed by atoms with E-state index in [0.29, 0.717) is 17.0 Å². The van der Waals surface area contributed by atoms with Crippen LogP contribution in [-0.4, -0.2) is 10.2 Å². The molecule has 0 spiro atoms. The lowest BCUT2D eigenvalue weighted by molar-refractivity contribution is 0.470. The number of aryl methyl sites for hydroxylation is 2. The van der Waals surface area contributed by atoms with Crippen LogP contribution in [0.1, 0.15) is 49.3 Å². The van der Waals surface area contributed by atoms with Gasteiger partial charge in [-0.05, 0) is 82.0 Å². The Bertz CT molecular complexity index is 1480. The molecule has 0 atom stereocenters. The van der Waals surface area contributed by atoms with Crippen LogP contribution in [0.25, 0.3) is 32.7 Å². The summed E-state index contributed by atoms with van der Waals surface area (Å²) in [6.45, 7) is 4.46. The number of phenolic OH excluding ortho intramolecular Hbond substituents is 2. The van der Waals surface area contributed by atoms with E-state index in [1.807, 2.05) is 42.5 Å². The topological polar surface area (TPSA) is 40.5 Å². The Morgan fingerprint density at radius 3 is 2.00 bits per heavy atom. The average Bonchev–Trinajstić information content (AvgIpc) is 2.87. The van der Waals surface area contributed by atoms with Gasteiger partial charge in [-0.3, -0.25) is 0 Å². The van der Waals surface area contributed by atoms with Crippen LogP contribution in [0.4, 0.5) is 0 Å². The second kappa shape index (κ2) is 9.84. The van der Waals surface area contributed by atoms with Gasteiger partial charge in [-0.25, -0.2) is 0 Å². The first-order valence-electron chi connectivity index (χ1n) is 12.6. The lowest BCUT2D eigenvalue weighted by atomic mass is 9.90. The minimum absolute atomic E-state index is 0.181. The molecule has 2 nitrogen and oxygen atoms in total. The van der Waals surface area contributed by atoms with Crippen molar-refractivity contribution >= 4 is 21.5 Å². The molecule has 0 heterocycles. The number of fused-ring (bicyclic) bond motifs is 2. The molecule has 0 aliphatic carbocycles. The van der Waals surface area contributed by atoms with E-state index < -0.39 is 0 Å². The van der Waals surface area contributed by atoms with Gasteiger partial charge in [0.1, 0.15) is 11.5 Å². The predicted octanol–water partition coefficient (Wildman–Crippen LogP) is 8.76. The number of rotatable bonds is 7. The summed E-state index contributed by atoms with van der Waals surface area (Å²) in [6, 6.07) is 30.7. The summed E-state index contributed by atoms with van der Waals surface area (Å²) >= 11 is 0. The van der Waals surface area contributed by atoms with E-state index in [1.165, 1.54) is 16.7 Å². The van der Waals surface area contributed by atoms with E-state index in [2.05, 4.69) is 50.2 Å². The summed E-state index contributed by atoms with van der Waals surface area (Å²) in [4.78, 5) is 0. The quantitative estimate of drug-likeness (QED) is 0.238. The van der Waals surface area contributed by atoms with E-state index in [4.69, 9.17) is 0 Å². The normalized spacial score (nSPS) is 11.5. The van der Waals surface area contributed by atoms with Crippen LogP contribution >= 0.6 is 0 Å². The van der Waals surface area contributed by atoms with Gasteiger partial charge >= 0.3 is 0 Å². The van der Waals surface area contributed by atoms with Crippen molar-refractivity contribution in [3.8, 4) is 22.6 Å². The number of hydrogen-bond donors (Lipinski definition) is 2. The first kappa shape index (κ1) is 23.0. The molecule has 0 amide bonds. The second-order valence-corrected chi connectivity index (χ2v) is 9.76. The van der Waals surface area contributed by atoms with Crippen molar-refractivity contribution in [2.24, 2.45) is 0 Å². The second-order valence-electron chi connectivity index (χ2n) is 9.76. The first-order chi connectivity index (χ1) is 17.0. The molecular formula is C33H32O2. The Morgan fingerprint density at radius 1 is 0.571 bits per heavy atom. The molecule has 5 aromatic rings. The molecule has 35 heavy (non-hydrogen) atoms. The maximum absolute atomic E-state index is 10.9. The Kier molecular flexibility index (Phi) is 6.46. The Morgan fingerprint density at radius 2 is 1.23 bits per heavy atom. The summed E-state index contributed by atoms with van der Waals surface area (Å²) in [5.41, 5.74) is 5.45. The minimum atomic E-state index is 0.181. The molecule has 0 saturated carbocycles. The van der Waals surface area contributed by atoms with Crippen LogP contribution in [-0.2, 0) is 12.8 Å². The van der Waals surface area contributed by atoms with Gasteiger partial charge in [0.15, 0.2) is 0 Å². The van der Waals surface area contributed by atoms with Crippen molar-refractivity contribution in [1.29, 1.82) is 0 Å². The van der Waals surface area contributed by atoms with Gasteiger partial charge in [-0.15, -0.1) is 0 Å². The van der Waals surface area contributed by atoms with E-state index in [1.54, 1.807) is 12.1 Å². The highest BCUT2D eigenvalue weighted by Crippen LogP contribution is 2.45. The van der Waals surface area contributed by atoms with E-state index >= 15 is 0 Å². The summed E-state index contributed by atoms with van der Waals surface area (Å²) in [5.74, 6) is 0.932. The van der Waals surface area contributed by atoms with Gasteiger partial charge in [-0.1, -0.05) is 92.7 Å². The van der Waals surface area contributed by atoms with E-state index in [9.17, 15) is 10.2 Å². The summed E-state index contributed by atoms with van der Waals surface area (Å²) < 4.78 is 0. The number of aromatic hydroxyl groups is 2. The minimum Gasteiger partial charge on any atom is -0.507 e. The molecule has 2 heteroatoms. The SMILES string of the molecule is CC(C)c1ccc(CCCCc2cccc3c(-c4c(O)ccc5ccccc45)c(O)ccc23)cc1. The van der Waals surface area contributed by atoms with Crippen molar-refractivity contribution in [2.75, 3.05) is 0 Å². The summed E-state index contributed by atoms with van der Waals surface area (Å²) in [7, 11) is 0. The zero-order chi connectivity index (χ0) is 24.4. The van der Waals surface area contributed by atoms with Crippen LogP contribution in [0.15, 0.2) is 91.0 Å². The highest BCUT2D eigenvalue weighted by atomic mass is 16.3. The maximum atomic E-state index is 10.9. The van der Waals surface area contributed by atoms with E-state index in [0.717, 1.165) is 47.2 Å². The van der Waals surface area contributed by atoms with E-state index in [-0.39, 0.29) is 11.5 Å². The molecular weight excluding hydrogens is 428 g/mol. The Hall–Kier alpha value is -3.78. The molecule has 176 valence electrons. The highest BCUT2D eigenvalue weighted by Gasteiger charge is 2.17. The third-order valence-electron chi connectivity index (χ3n) is 7.09. The fourth-order valence-corrected chi connectivity index (χ4v) is 5.13. The standard InChI is InChI=1S/C33H32O2/c1-22(2)24-16-14-23(15-17-24)8-3-4-9-25-11-7-13-29-27(25)19-21-31(35)33(29)32-28-12-6-5-10-26(28)18-20-30(32)34/h5-7,10-22,34-35H,3-4,8-9H2,1-2H3. The van der Waals surface area contributed by atoms with Crippen LogP contribution in [0.2, 0.25) is 0 Å². The molecule has 0 radical (unpaired) electrons. The highest BCUT2D eigenvalue weighted by molar-refractivity contribution is 6.10. The first-order valence-corrected chi connectivity index (χ1v) is 12.6. The lowest BCUT2D eigenvalue weighted by Crippen LogP contribution is -1.93. The molecule has 0 aromatic heterocycles. The molecule has 0 saturated heterocycles. The van der Waals surface area contributed by atoms with Gasteiger partial charge in [-0.2, -0.15) is 0 Å². The Labute approximate surface area is 207 Å². The van der Waals surface area contributed by atoms with Crippen molar-refractivity contribution in [2.45, 2.75) is 45.4 Å². The number of hydrogen-bond acceptors (Lipinski definition) is 2. The zero-order valence-corrected chi connectivity index (χ0v) is 20.5. The number of unbranched alkanes of at least 4 members (excludes halogenated alkanes) is 1. The third-order valence-corrected chi connectivity index (χ3v) is 7.09. The predicted molar refractivity (Wildman–Crippen MR) is 147 cm³/mol. The van der Waals surface area contributed by atoms with Crippen molar-refractivity contribution < 1.29 is 10.2 Å². The number of phenols is 2. The molecule has 0 fully saturated rings. The van der Waals surface area contributed by atoms with Gasteiger partial charge in [0.2, 0.25) is 0 Å². The summed E-state index contributed by atoms with van der Waals surface area (Å²) in [6.07, 6.45) is 4.29.